The zero-order valence-electron chi connectivity index (χ0n) is 13.8. The molecule has 5 nitrogen and oxygen atoms in total. The molecule has 0 radical (unpaired) electrons. The number of thiazole rings is 1. The van der Waals surface area contributed by atoms with E-state index in [1.807, 2.05) is 28.2 Å². The smallest absolute Gasteiger partial charge is 0.252 e. The quantitative estimate of drug-likeness (QED) is 0.553. The fourth-order valence-corrected chi connectivity index (χ4v) is 3.47. The predicted molar refractivity (Wildman–Crippen MR) is 101 cm³/mol. The Labute approximate surface area is 153 Å². The zero-order valence-corrected chi connectivity index (χ0v) is 14.6. The number of nitrogens with one attached hydrogen (secondary N) is 1. The Morgan fingerprint density at radius 2 is 1.73 bits per heavy atom. The summed E-state index contributed by atoms with van der Waals surface area (Å²) in [5.74, 6) is -0.458. The lowest BCUT2D eigenvalue weighted by Crippen LogP contribution is -2.25. The second-order valence-corrected chi connectivity index (χ2v) is 6.62. The van der Waals surface area contributed by atoms with Crippen molar-refractivity contribution in [3.05, 3.63) is 94.8 Å². The Bertz CT molecular complexity index is 1050. The molecule has 0 aliphatic rings. The first kappa shape index (κ1) is 16.2. The van der Waals surface area contributed by atoms with E-state index in [-0.39, 0.29) is 11.7 Å². The van der Waals surface area contributed by atoms with Gasteiger partial charge in [-0.05, 0) is 6.07 Å². The molecule has 6 heteroatoms. The van der Waals surface area contributed by atoms with Gasteiger partial charge in [0.05, 0.1) is 17.8 Å². The molecule has 4 rings (SSSR count). The van der Waals surface area contributed by atoms with E-state index >= 15 is 0 Å². The highest BCUT2D eigenvalue weighted by molar-refractivity contribution is 7.15. The number of ketones is 1. The number of benzene rings is 2. The van der Waals surface area contributed by atoms with Crippen LogP contribution in [0, 0.1) is 0 Å². The number of nitrogens with zero attached hydrogens (tertiary/aromatic N) is 2. The summed E-state index contributed by atoms with van der Waals surface area (Å²) in [6.45, 7) is 0.307. The van der Waals surface area contributed by atoms with Crippen LogP contribution in [0.15, 0.2) is 72.4 Å². The van der Waals surface area contributed by atoms with Crippen molar-refractivity contribution in [3.63, 3.8) is 0 Å². The number of fused-ring (bicyclic) bond motifs is 1. The molecule has 0 unspecified atom stereocenters. The van der Waals surface area contributed by atoms with Crippen molar-refractivity contribution >= 4 is 28.0 Å². The Morgan fingerprint density at radius 3 is 2.50 bits per heavy atom. The molecule has 4 aromatic rings. The van der Waals surface area contributed by atoms with E-state index in [4.69, 9.17) is 0 Å². The van der Waals surface area contributed by atoms with Gasteiger partial charge in [0, 0.05) is 28.9 Å². The lowest BCUT2D eigenvalue weighted by Gasteiger charge is -2.09. The van der Waals surface area contributed by atoms with Crippen LogP contribution in [0.1, 0.15) is 32.0 Å². The Hall–Kier alpha value is -3.25. The third-order valence-corrected chi connectivity index (χ3v) is 4.80. The molecule has 0 aliphatic heterocycles. The van der Waals surface area contributed by atoms with Crippen LogP contribution in [-0.4, -0.2) is 21.1 Å². The molecule has 26 heavy (non-hydrogen) atoms. The normalized spacial score (nSPS) is 10.8. The van der Waals surface area contributed by atoms with Gasteiger partial charge in [0.15, 0.2) is 10.7 Å². The number of aromatic nitrogens is 2. The molecule has 1 amide bonds. The fourth-order valence-electron chi connectivity index (χ4n) is 2.75. The van der Waals surface area contributed by atoms with Gasteiger partial charge < -0.3 is 5.32 Å². The van der Waals surface area contributed by atoms with Crippen molar-refractivity contribution in [1.82, 2.24) is 14.7 Å². The van der Waals surface area contributed by atoms with Crippen LogP contribution < -0.4 is 5.32 Å². The molecule has 0 atom stereocenters. The van der Waals surface area contributed by atoms with Crippen LogP contribution in [0.25, 0.3) is 4.96 Å². The SMILES string of the molecule is O=C(NCc1cn2ccsc2n1)c1ccccc1C(=O)c1ccccc1. The number of carbonyl (C=O) groups is 2. The Balaban J connectivity index is 1.54. The minimum absolute atomic E-state index is 0.168. The van der Waals surface area contributed by atoms with Crippen molar-refractivity contribution in [2.75, 3.05) is 0 Å². The maximum Gasteiger partial charge on any atom is 0.252 e. The topological polar surface area (TPSA) is 63.5 Å². The van der Waals surface area contributed by atoms with Crippen LogP contribution in [-0.2, 0) is 6.54 Å². The molecule has 0 spiro atoms. The van der Waals surface area contributed by atoms with Crippen LogP contribution >= 0.6 is 11.3 Å². The highest BCUT2D eigenvalue weighted by Crippen LogP contribution is 2.15. The molecular weight excluding hydrogens is 346 g/mol. The molecule has 0 saturated carbocycles. The lowest BCUT2D eigenvalue weighted by molar-refractivity contribution is 0.0939. The van der Waals surface area contributed by atoms with Crippen molar-refractivity contribution in [2.45, 2.75) is 6.54 Å². The summed E-state index contributed by atoms with van der Waals surface area (Å²) in [5.41, 5.74) is 2.09. The van der Waals surface area contributed by atoms with E-state index in [1.165, 1.54) is 11.3 Å². The maximum atomic E-state index is 12.7. The Kier molecular flexibility index (Phi) is 4.33. The average Bonchev–Trinajstić information content (AvgIpc) is 3.28. The molecule has 2 aromatic carbocycles. The van der Waals surface area contributed by atoms with E-state index in [2.05, 4.69) is 10.3 Å². The van der Waals surface area contributed by atoms with Gasteiger partial charge in [0.25, 0.3) is 5.91 Å². The van der Waals surface area contributed by atoms with Crippen molar-refractivity contribution in [2.24, 2.45) is 0 Å². The largest absolute Gasteiger partial charge is 0.346 e. The predicted octanol–water partition coefficient (Wildman–Crippen LogP) is 3.56. The third kappa shape index (κ3) is 3.14. The number of hydrogen-bond donors (Lipinski definition) is 1. The molecule has 128 valence electrons. The van der Waals surface area contributed by atoms with Gasteiger partial charge in [-0.2, -0.15) is 0 Å². The molecule has 2 aromatic heterocycles. The van der Waals surface area contributed by atoms with Gasteiger partial charge >= 0.3 is 0 Å². The molecule has 1 N–H and O–H groups in total. The molecule has 0 bridgehead atoms. The molecule has 0 aliphatic carbocycles. The first-order valence-corrected chi connectivity index (χ1v) is 8.98. The van der Waals surface area contributed by atoms with Gasteiger partial charge in [-0.3, -0.25) is 14.0 Å². The monoisotopic (exact) mass is 361 g/mol. The summed E-state index contributed by atoms with van der Waals surface area (Å²) < 4.78 is 1.92. The standard InChI is InChI=1S/C20H15N3O2S/c24-18(14-6-2-1-3-7-14)16-8-4-5-9-17(16)19(25)21-12-15-13-23-10-11-26-20(23)22-15/h1-11,13H,12H2,(H,21,25). The molecular formula is C20H15N3O2S. The summed E-state index contributed by atoms with van der Waals surface area (Å²) in [6, 6.07) is 15.8. The number of carbonyl (C=O) groups excluding carboxylic acids is 2. The highest BCUT2D eigenvalue weighted by Gasteiger charge is 2.18. The van der Waals surface area contributed by atoms with Crippen molar-refractivity contribution in [3.8, 4) is 0 Å². The van der Waals surface area contributed by atoms with Crippen LogP contribution in [0.2, 0.25) is 0 Å². The van der Waals surface area contributed by atoms with Gasteiger partial charge in [0.1, 0.15) is 0 Å². The van der Waals surface area contributed by atoms with E-state index in [0.29, 0.717) is 23.2 Å². The van der Waals surface area contributed by atoms with Gasteiger partial charge in [0.2, 0.25) is 0 Å². The second-order valence-electron chi connectivity index (χ2n) is 5.75. The van der Waals surface area contributed by atoms with Crippen molar-refractivity contribution in [1.29, 1.82) is 0 Å². The summed E-state index contributed by atoms with van der Waals surface area (Å²) in [7, 11) is 0. The fraction of sp³-hybridized carbons (Fsp3) is 0.0500. The second kappa shape index (κ2) is 6.93. The first-order valence-electron chi connectivity index (χ1n) is 8.10. The van der Waals surface area contributed by atoms with Crippen LogP contribution in [0.3, 0.4) is 0 Å². The number of imidazole rings is 1. The summed E-state index contributed by atoms with van der Waals surface area (Å²) in [4.78, 5) is 30.7. The average molecular weight is 361 g/mol. The molecule has 0 saturated heterocycles. The van der Waals surface area contributed by atoms with Gasteiger partial charge in [-0.1, -0.05) is 48.5 Å². The van der Waals surface area contributed by atoms with Crippen molar-refractivity contribution < 1.29 is 9.59 Å². The molecule has 2 heterocycles. The van der Waals surface area contributed by atoms with Gasteiger partial charge in [-0.15, -0.1) is 11.3 Å². The minimum atomic E-state index is -0.291. The zero-order chi connectivity index (χ0) is 17.9. The van der Waals surface area contributed by atoms with Crippen LogP contribution in [0.5, 0.6) is 0 Å². The minimum Gasteiger partial charge on any atom is -0.346 e. The third-order valence-electron chi connectivity index (χ3n) is 4.03. The summed E-state index contributed by atoms with van der Waals surface area (Å²) in [6.07, 6.45) is 3.80. The van der Waals surface area contributed by atoms with E-state index in [1.54, 1.807) is 48.5 Å². The maximum absolute atomic E-state index is 12.7. The number of amides is 1. The summed E-state index contributed by atoms with van der Waals surface area (Å²) >= 11 is 1.54. The first-order chi connectivity index (χ1) is 12.7. The van der Waals surface area contributed by atoms with Crippen LogP contribution in [0.4, 0.5) is 0 Å². The number of hydrogen-bond acceptors (Lipinski definition) is 4. The lowest BCUT2D eigenvalue weighted by atomic mass is 9.98. The number of rotatable bonds is 5. The van der Waals surface area contributed by atoms with E-state index in [9.17, 15) is 9.59 Å². The molecule has 0 fully saturated rings. The van der Waals surface area contributed by atoms with E-state index < -0.39 is 0 Å². The summed E-state index contributed by atoms with van der Waals surface area (Å²) in [5, 5.41) is 4.80. The van der Waals surface area contributed by atoms with E-state index in [0.717, 1.165) is 10.7 Å². The van der Waals surface area contributed by atoms with Gasteiger partial charge in [-0.25, -0.2) is 4.98 Å². The Morgan fingerprint density at radius 1 is 1.00 bits per heavy atom. The highest BCUT2D eigenvalue weighted by atomic mass is 32.1.